The zero-order valence-electron chi connectivity index (χ0n) is 23.5. The zero-order valence-corrected chi connectivity index (χ0v) is 24.3. The molecule has 7 nitrogen and oxygen atoms in total. The van der Waals surface area contributed by atoms with E-state index in [0.29, 0.717) is 28.1 Å². The van der Waals surface area contributed by atoms with Crippen LogP contribution >= 0.6 is 11.6 Å². The number of hydrogen-bond acceptors (Lipinski definition) is 7. The average Bonchev–Trinajstić information content (AvgIpc) is 3.01. The number of halogens is 1. The second kappa shape index (κ2) is 11.9. The van der Waals surface area contributed by atoms with Crippen molar-refractivity contribution in [2.45, 2.75) is 31.8 Å². The van der Waals surface area contributed by atoms with E-state index in [4.69, 9.17) is 16.3 Å². The molecule has 0 aromatic heterocycles. The number of benzene rings is 5. The Morgan fingerprint density at radius 1 is 0.659 bits per heavy atom. The van der Waals surface area contributed by atoms with Gasteiger partial charge in [-0.05, 0) is 58.1 Å². The lowest BCUT2D eigenvalue weighted by atomic mass is 9.87. The van der Waals surface area contributed by atoms with Crippen LogP contribution in [0.25, 0.3) is 0 Å². The number of aromatic hydroxyl groups is 5. The maximum atomic E-state index is 13.6. The highest BCUT2D eigenvalue weighted by Crippen LogP contribution is 2.50. The topological polar surface area (TPSA) is 127 Å². The summed E-state index contributed by atoms with van der Waals surface area (Å²) in [5.41, 5.74) is 3.19. The first kappa shape index (κ1) is 29.0. The minimum Gasteiger partial charge on any atom is -0.508 e. The van der Waals surface area contributed by atoms with E-state index >= 15 is 0 Å². The number of fused-ring (bicyclic) bond motifs is 1. The summed E-state index contributed by atoms with van der Waals surface area (Å²) in [6.07, 6.45) is -0.466. The standard InChI is InChI=1S/C36H29ClO7/c37-25-11-13-30(40)24(16-25)18-27-34(42)26(17-23-15-20(10-12-29(23)39)14-22-8-4-5-9-28(22)38)35(43)33-31(41)19-32(44-36(27)33)21-6-2-1-3-7-21/h1-13,15-16,32,38-40,42-43H,14,17-19H2/t32-/m0/s1. The van der Waals surface area contributed by atoms with Crippen LogP contribution in [0.2, 0.25) is 5.02 Å². The fourth-order valence-electron chi connectivity index (χ4n) is 5.69. The Morgan fingerprint density at radius 3 is 2.05 bits per heavy atom. The van der Waals surface area contributed by atoms with E-state index in [-0.39, 0.29) is 70.5 Å². The van der Waals surface area contributed by atoms with Crippen molar-refractivity contribution >= 4 is 17.4 Å². The van der Waals surface area contributed by atoms with Crippen LogP contribution in [0.3, 0.4) is 0 Å². The Morgan fingerprint density at radius 2 is 1.30 bits per heavy atom. The minimum absolute atomic E-state index is 0.0298. The molecule has 6 rings (SSSR count). The first-order valence-electron chi connectivity index (χ1n) is 14.1. The highest BCUT2D eigenvalue weighted by atomic mass is 35.5. The summed E-state index contributed by atoms with van der Waals surface area (Å²) in [6, 6.07) is 25.7. The van der Waals surface area contributed by atoms with Gasteiger partial charge in [0.1, 0.15) is 46.2 Å². The molecule has 1 aliphatic rings. The van der Waals surface area contributed by atoms with Gasteiger partial charge in [0.25, 0.3) is 0 Å². The van der Waals surface area contributed by atoms with Gasteiger partial charge in [0.2, 0.25) is 0 Å². The molecule has 0 bridgehead atoms. The van der Waals surface area contributed by atoms with Crippen LogP contribution in [0.15, 0.2) is 91.0 Å². The van der Waals surface area contributed by atoms with E-state index in [2.05, 4.69) is 0 Å². The van der Waals surface area contributed by atoms with Gasteiger partial charge >= 0.3 is 0 Å². The fourth-order valence-corrected chi connectivity index (χ4v) is 5.88. The molecule has 0 spiro atoms. The monoisotopic (exact) mass is 608 g/mol. The number of phenolic OH excluding ortho intramolecular Hbond substituents is 5. The largest absolute Gasteiger partial charge is 0.508 e. The molecule has 0 unspecified atom stereocenters. The first-order valence-corrected chi connectivity index (χ1v) is 14.5. The third-order valence-corrected chi connectivity index (χ3v) is 8.22. The Labute approximate surface area is 258 Å². The van der Waals surface area contributed by atoms with Gasteiger partial charge in [-0.15, -0.1) is 0 Å². The molecule has 222 valence electrons. The number of phenols is 5. The summed E-state index contributed by atoms with van der Waals surface area (Å²) >= 11 is 6.21. The number of carbonyl (C=O) groups is 1. The lowest BCUT2D eigenvalue weighted by Crippen LogP contribution is -2.22. The first-order chi connectivity index (χ1) is 21.2. The molecule has 1 atom stereocenters. The highest BCUT2D eigenvalue weighted by Gasteiger charge is 2.36. The Kier molecular flexibility index (Phi) is 7.80. The van der Waals surface area contributed by atoms with Crippen molar-refractivity contribution in [3.05, 3.63) is 141 Å². The van der Waals surface area contributed by atoms with Gasteiger partial charge in [0.15, 0.2) is 5.78 Å². The number of rotatable bonds is 7. The van der Waals surface area contributed by atoms with Crippen molar-refractivity contribution < 1.29 is 35.1 Å². The Balaban J connectivity index is 1.46. The van der Waals surface area contributed by atoms with Gasteiger partial charge in [-0.2, -0.15) is 0 Å². The molecular weight excluding hydrogens is 580 g/mol. The number of hydrogen-bond donors (Lipinski definition) is 5. The SMILES string of the molecule is O=C1C[C@@H](c2ccccc2)Oc2c(Cc3cc(Cl)ccc3O)c(O)c(Cc3cc(Cc4ccccc4O)ccc3O)c(O)c21. The smallest absolute Gasteiger partial charge is 0.174 e. The predicted octanol–water partition coefficient (Wildman–Crippen LogP) is 7.35. The summed E-state index contributed by atoms with van der Waals surface area (Å²) in [6.45, 7) is 0. The molecule has 5 aromatic carbocycles. The summed E-state index contributed by atoms with van der Waals surface area (Å²) in [7, 11) is 0. The molecule has 8 heteroatoms. The normalized spacial score (nSPS) is 14.2. The fraction of sp³-hybridized carbons (Fsp3) is 0.139. The van der Waals surface area contributed by atoms with Crippen LogP contribution in [0.1, 0.15) is 61.8 Å². The molecule has 1 aliphatic heterocycles. The third kappa shape index (κ3) is 5.62. The van der Waals surface area contributed by atoms with Crippen molar-refractivity contribution in [3.63, 3.8) is 0 Å². The Hall–Kier alpha value is -5.14. The van der Waals surface area contributed by atoms with Crippen molar-refractivity contribution in [2.24, 2.45) is 0 Å². The average molecular weight is 609 g/mol. The van der Waals surface area contributed by atoms with E-state index in [1.807, 2.05) is 36.4 Å². The van der Waals surface area contributed by atoms with E-state index in [9.17, 15) is 30.3 Å². The zero-order chi connectivity index (χ0) is 31.0. The van der Waals surface area contributed by atoms with Crippen molar-refractivity contribution in [3.8, 4) is 34.5 Å². The van der Waals surface area contributed by atoms with Gasteiger partial charge in [0.05, 0.1) is 6.42 Å². The number of para-hydroxylation sites is 1. The molecule has 0 saturated heterocycles. The summed E-state index contributed by atoms with van der Waals surface area (Å²) < 4.78 is 6.32. The number of ketones is 1. The molecule has 5 N–H and O–H groups in total. The van der Waals surface area contributed by atoms with Crippen LogP contribution in [-0.4, -0.2) is 31.3 Å². The van der Waals surface area contributed by atoms with Gasteiger partial charge in [0, 0.05) is 35.4 Å². The third-order valence-electron chi connectivity index (χ3n) is 7.98. The lowest BCUT2D eigenvalue weighted by molar-refractivity contribution is 0.0842. The molecule has 0 amide bonds. The van der Waals surface area contributed by atoms with Crippen LogP contribution in [0.5, 0.6) is 34.5 Å². The highest BCUT2D eigenvalue weighted by molar-refractivity contribution is 6.30. The minimum atomic E-state index is -0.650. The quantitative estimate of drug-likeness (QED) is 0.131. The maximum absolute atomic E-state index is 13.6. The molecule has 0 fully saturated rings. The summed E-state index contributed by atoms with van der Waals surface area (Å²) in [4.78, 5) is 13.6. The molecule has 0 aliphatic carbocycles. The van der Waals surface area contributed by atoms with E-state index in [1.54, 1.807) is 36.4 Å². The van der Waals surface area contributed by atoms with E-state index in [1.165, 1.54) is 18.2 Å². The number of ether oxygens (including phenoxy) is 1. The molecule has 44 heavy (non-hydrogen) atoms. The van der Waals surface area contributed by atoms with Gasteiger partial charge in [-0.1, -0.05) is 72.3 Å². The maximum Gasteiger partial charge on any atom is 0.174 e. The van der Waals surface area contributed by atoms with Gasteiger partial charge in [-0.3, -0.25) is 4.79 Å². The van der Waals surface area contributed by atoms with E-state index in [0.717, 1.165) is 11.1 Å². The predicted molar refractivity (Wildman–Crippen MR) is 166 cm³/mol. The van der Waals surface area contributed by atoms with Gasteiger partial charge in [-0.25, -0.2) is 0 Å². The molecule has 0 radical (unpaired) electrons. The van der Waals surface area contributed by atoms with Crippen LogP contribution in [-0.2, 0) is 19.3 Å². The van der Waals surface area contributed by atoms with Crippen molar-refractivity contribution in [1.29, 1.82) is 0 Å². The summed E-state index contributed by atoms with van der Waals surface area (Å²) in [5, 5.41) is 55.1. The van der Waals surface area contributed by atoms with Crippen LogP contribution in [0, 0.1) is 0 Å². The second-order valence-corrected chi connectivity index (χ2v) is 11.3. The van der Waals surface area contributed by atoms with Crippen LogP contribution < -0.4 is 4.74 Å². The van der Waals surface area contributed by atoms with Crippen LogP contribution in [0.4, 0.5) is 0 Å². The van der Waals surface area contributed by atoms with Crippen molar-refractivity contribution in [2.75, 3.05) is 0 Å². The number of Topliss-reactive ketones (excluding diaryl/α,β-unsaturated/α-hetero) is 1. The molecule has 5 aromatic rings. The lowest BCUT2D eigenvalue weighted by Gasteiger charge is -2.30. The molecule has 1 heterocycles. The Bertz CT molecular complexity index is 1880. The number of carbonyl (C=O) groups excluding carboxylic acids is 1. The summed E-state index contributed by atoms with van der Waals surface area (Å²) in [5.74, 6) is -1.07. The van der Waals surface area contributed by atoms with Crippen molar-refractivity contribution in [1.82, 2.24) is 0 Å². The second-order valence-electron chi connectivity index (χ2n) is 10.9. The molecular formula is C36H29ClO7. The molecule has 0 saturated carbocycles. The van der Waals surface area contributed by atoms with Gasteiger partial charge < -0.3 is 30.3 Å². The van der Waals surface area contributed by atoms with E-state index < -0.39 is 11.9 Å².